The van der Waals surface area contributed by atoms with Crippen LogP contribution in [0.1, 0.15) is 18.4 Å². The number of aromatic nitrogens is 3. The number of nitrogens with one attached hydrogen (secondary N) is 1. The van der Waals surface area contributed by atoms with Crippen LogP contribution in [0.5, 0.6) is 0 Å². The number of hydrogen-bond donors (Lipinski definition) is 1. The van der Waals surface area contributed by atoms with Gasteiger partial charge in [0, 0.05) is 18.7 Å². The van der Waals surface area contributed by atoms with Crippen molar-refractivity contribution in [3.8, 4) is 5.69 Å². The molecule has 1 aliphatic rings. The minimum Gasteiger partial charge on any atom is -0.357 e. The third-order valence-electron chi connectivity index (χ3n) is 3.25. The predicted molar refractivity (Wildman–Crippen MR) is 69.0 cm³/mol. The summed E-state index contributed by atoms with van der Waals surface area (Å²) >= 11 is 0. The molecule has 0 amide bonds. The van der Waals surface area contributed by atoms with Crippen molar-refractivity contribution in [2.45, 2.75) is 12.8 Å². The highest BCUT2D eigenvalue weighted by Crippen LogP contribution is 2.14. The van der Waals surface area contributed by atoms with Gasteiger partial charge >= 0.3 is 0 Å². The molecule has 1 aromatic carbocycles. The van der Waals surface area contributed by atoms with Crippen molar-refractivity contribution in [2.24, 2.45) is 0 Å². The van der Waals surface area contributed by atoms with E-state index < -0.39 is 0 Å². The Morgan fingerprint density at radius 3 is 2.44 bits per heavy atom. The SMILES string of the molecule is N=C(c1ccc(-n2ccnn2)cc1)N1CCCC1. The standard InChI is InChI=1S/C13H15N5/c14-13(17-8-1-2-9-17)11-3-5-12(6-4-11)18-10-7-15-16-18/h3-7,10,14H,1-2,8-9H2. The van der Waals surface area contributed by atoms with E-state index in [2.05, 4.69) is 15.2 Å². The highest BCUT2D eigenvalue weighted by atomic mass is 15.4. The quantitative estimate of drug-likeness (QED) is 0.643. The van der Waals surface area contributed by atoms with E-state index in [1.807, 2.05) is 24.3 Å². The second kappa shape index (κ2) is 4.60. The van der Waals surface area contributed by atoms with E-state index in [9.17, 15) is 0 Å². The smallest absolute Gasteiger partial charge is 0.128 e. The lowest BCUT2D eigenvalue weighted by Crippen LogP contribution is -2.27. The van der Waals surface area contributed by atoms with Gasteiger partial charge in [-0.3, -0.25) is 5.41 Å². The summed E-state index contributed by atoms with van der Waals surface area (Å²) in [7, 11) is 0. The first-order valence-corrected chi connectivity index (χ1v) is 6.15. The second-order valence-electron chi connectivity index (χ2n) is 4.44. The van der Waals surface area contributed by atoms with Crippen molar-refractivity contribution >= 4 is 5.84 Å². The number of likely N-dealkylation sites (tertiary alicyclic amines) is 1. The lowest BCUT2D eigenvalue weighted by Gasteiger charge is -2.18. The molecule has 0 spiro atoms. The molecule has 5 heteroatoms. The van der Waals surface area contributed by atoms with Crippen LogP contribution in [-0.2, 0) is 0 Å². The molecule has 2 heterocycles. The van der Waals surface area contributed by atoms with E-state index in [1.54, 1.807) is 17.1 Å². The van der Waals surface area contributed by atoms with E-state index in [-0.39, 0.29) is 0 Å². The largest absolute Gasteiger partial charge is 0.357 e. The average Bonchev–Trinajstić information content (AvgIpc) is 3.11. The van der Waals surface area contributed by atoms with Gasteiger partial charge in [-0.2, -0.15) is 0 Å². The van der Waals surface area contributed by atoms with Gasteiger partial charge in [0.15, 0.2) is 0 Å². The van der Waals surface area contributed by atoms with Gasteiger partial charge in [0.1, 0.15) is 5.84 Å². The summed E-state index contributed by atoms with van der Waals surface area (Å²) in [5.74, 6) is 0.623. The van der Waals surface area contributed by atoms with Crippen LogP contribution in [0.2, 0.25) is 0 Å². The molecule has 92 valence electrons. The van der Waals surface area contributed by atoms with Crippen LogP contribution in [0.25, 0.3) is 5.69 Å². The van der Waals surface area contributed by atoms with Crippen LogP contribution < -0.4 is 0 Å². The molecule has 0 radical (unpaired) electrons. The molecule has 1 fully saturated rings. The molecular formula is C13H15N5. The fraction of sp³-hybridized carbons (Fsp3) is 0.308. The van der Waals surface area contributed by atoms with Crippen LogP contribution in [0.3, 0.4) is 0 Å². The predicted octanol–water partition coefficient (Wildman–Crippen LogP) is 1.69. The number of nitrogens with zero attached hydrogens (tertiary/aromatic N) is 4. The van der Waals surface area contributed by atoms with Crippen molar-refractivity contribution in [1.29, 1.82) is 5.41 Å². The normalized spacial score (nSPS) is 15.0. The van der Waals surface area contributed by atoms with Crippen LogP contribution in [0.4, 0.5) is 0 Å². The van der Waals surface area contributed by atoms with Crippen LogP contribution in [0, 0.1) is 5.41 Å². The Labute approximate surface area is 106 Å². The summed E-state index contributed by atoms with van der Waals surface area (Å²) in [6.45, 7) is 2.01. The molecule has 1 saturated heterocycles. The number of rotatable bonds is 2. The van der Waals surface area contributed by atoms with E-state index in [1.165, 1.54) is 12.8 Å². The molecule has 1 aromatic heterocycles. The molecule has 0 aliphatic carbocycles. The average molecular weight is 241 g/mol. The summed E-state index contributed by atoms with van der Waals surface area (Å²) in [6, 6.07) is 7.87. The van der Waals surface area contributed by atoms with Crippen molar-refractivity contribution in [3.05, 3.63) is 42.2 Å². The van der Waals surface area contributed by atoms with Crippen LogP contribution in [0.15, 0.2) is 36.7 Å². The number of amidine groups is 1. The Morgan fingerprint density at radius 1 is 1.11 bits per heavy atom. The van der Waals surface area contributed by atoms with Crippen molar-refractivity contribution in [1.82, 2.24) is 19.9 Å². The van der Waals surface area contributed by atoms with E-state index in [4.69, 9.17) is 5.41 Å². The molecule has 1 N–H and O–H groups in total. The Balaban J connectivity index is 1.80. The molecule has 1 aliphatic heterocycles. The topological polar surface area (TPSA) is 57.8 Å². The Hall–Kier alpha value is -2.17. The van der Waals surface area contributed by atoms with Gasteiger partial charge in [0.2, 0.25) is 0 Å². The van der Waals surface area contributed by atoms with Gasteiger partial charge in [0.05, 0.1) is 18.1 Å². The number of hydrogen-bond acceptors (Lipinski definition) is 3. The molecule has 3 rings (SSSR count). The molecular weight excluding hydrogens is 226 g/mol. The van der Waals surface area contributed by atoms with E-state index >= 15 is 0 Å². The van der Waals surface area contributed by atoms with E-state index in [0.29, 0.717) is 5.84 Å². The monoisotopic (exact) mass is 241 g/mol. The highest BCUT2D eigenvalue weighted by Gasteiger charge is 2.16. The molecule has 0 saturated carbocycles. The lowest BCUT2D eigenvalue weighted by molar-refractivity contribution is 0.517. The van der Waals surface area contributed by atoms with Gasteiger partial charge in [0.25, 0.3) is 0 Å². The van der Waals surface area contributed by atoms with Gasteiger partial charge in [-0.15, -0.1) is 5.10 Å². The third kappa shape index (κ3) is 1.99. The zero-order chi connectivity index (χ0) is 12.4. The zero-order valence-corrected chi connectivity index (χ0v) is 10.1. The van der Waals surface area contributed by atoms with Crippen LogP contribution in [-0.4, -0.2) is 38.8 Å². The maximum Gasteiger partial charge on any atom is 0.128 e. The molecule has 0 atom stereocenters. The summed E-state index contributed by atoms with van der Waals surface area (Å²) in [5.41, 5.74) is 1.92. The fourth-order valence-electron chi connectivity index (χ4n) is 2.24. The van der Waals surface area contributed by atoms with Gasteiger partial charge in [-0.05, 0) is 37.1 Å². The number of benzene rings is 1. The first-order chi connectivity index (χ1) is 8.84. The maximum absolute atomic E-state index is 8.16. The zero-order valence-electron chi connectivity index (χ0n) is 10.1. The van der Waals surface area contributed by atoms with Gasteiger partial charge in [-0.1, -0.05) is 5.21 Å². The van der Waals surface area contributed by atoms with Gasteiger partial charge in [-0.25, -0.2) is 4.68 Å². The molecule has 18 heavy (non-hydrogen) atoms. The van der Waals surface area contributed by atoms with Crippen molar-refractivity contribution in [3.63, 3.8) is 0 Å². The first-order valence-electron chi connectivity index (χ1n) is 6.15. The Morgan fingerprint density at radius 2 is 1.83 bits per heavy atom. The summed E-state index contributed by atoms with van der Waals surface area (Å²) < 4.78 is 1.71. The highest BCUT2D eigenvalue weighted by molar-refractivity contribution is 5.96. The summed E-state index contributed by atoms with van der Waals surface area (Å²) in [4.78, 5) is 2.13. The molecule has 2 aromatic rings. The molecule has 0 bridgehead atoms. The minimum atomic E-state index is 0.623. The summed E-state index contributed by atoms with van der Waals surface area (Å²) in [5, 5.41) is 15.9. The second-order valence-corrected chi connectivity index (χ2v) is 4.44. The molecule has 5 nitrogen and oxygen atoms in total. The maximum atomic E-state index is 8.16. The minimum absolute atomic E-state index is 0.623. The molecule has 0 unspecified atom stereocenters. The summed E-state index contributed by atoms with van der Waals surface area (Å²) in [6.07, 6.45) is 5.85. The Bertz CT molecular complexity index is 523. The van der Waals surface area contributed by atoms with Crippen molar-refractivity contribution < 1.29 is 0 Å². The first kappa shape index (κ1) is 11.0. The van der Waals surface area contributed by atoms with Gasteiger partial charge < -0.3 is 4.90 Å². The third-order valence-corrected chi connectivity index (χ3v) is 3.25. The van der Waals surface area contributed by atoms with E-state index in [0.717, 1.165) is 24.3 Å². The fourth-order valence-corrected chi connectivity index (χ4v) is 2.24. The lowest BCUT2D eigenvalue weighted by atomic mass is 10.2. The Kier molecular flexibility index (Phi) is 2.80. The van der Waals surface area contributed by atoms with Crippen LogP contribution >= 0.6 is 0 Å². The van der Waals surface area contributed by atoms with Crippen molar-refractivity contribution in [2.75, 3.05) is 13.1 Å².